The van der Waals surface area contributed by atoms with Crippen LogP contribution in [0.25, 0.3) is 17.4 Å². The molecule has 8 heteroatoms. The molecule has 1 amide bonds. The summed E-state index contributed by atoms with van der Waals surface area (Å²) in [5.41, 5.74) is 0.689. The smallest absolute Gasteiger partial charge is 0.266 e. The molecule has 0 bridgehead atoms. The largest absolute Gasteiger partial charge is 0.467 e. The number of thioether (sulfide) groups is 1. The average molecular weight is 436 g/mol. The zero-order valence-electron chi connectivity index (χ0n) is 13.6. The fourth-order valence-electron chi connectivity index (χ4n) is 2.59. The van der Waals surface area contributed by atoms with Crippen molar-refractivity contribution in [2.45, 2.75) is 6.54 Å². The molecule has 3 heterocycles. The van der Waals surface area contributed by atoms with Crippen molar-refractivity contribution in [3.05, 3.63) is 75.2 Å². The number of carbonyl (C=O) groups is 1. The van der Waals surface area contributed by atoms with E-state index in [1.54, 1.807) is 54.8 Å². The molecule has 4 nitrogen and oxygen atoms in total. The van der Waals surface area contributed by atoms with Crippen LogP contribution in [0.2, 0.25) is 10.0 Å². The molecule has 1 aliphatic heterocycles. The monoisotopic (exact) mass is 435 g/mol. The maximum absolute atomic E-state index is 12.6. The van der Waals surface area contributed by atoms with Gasteiger partial charge in [-0.1, -0.05) is 47.2 Å². The molecule has 0 N–H and O–H groups in total. The molecule has 136 valence electrons. The van der Waals surface area contributed by atoms with Crippen LogP contribution in [0.3, 0.4) is 0 Å². The van der Waals surface area contributed by atoms with Gasteiger partial charge in [0.25, 0.3) is 5.91 Å². The molecule has 0 unspecified atom stereocenters. The normalized spacial score (nSPS) is 15.9. The van der Waals surface area contributed by atoms with Gasteiger partial charge in [0.1, 0.15) is 21.6 Å². The van der Waals surface area contributed by atoms with Gasteiger partial charge < -0.3 is 8.83 Å². The molecule has 1 saturated heterocycles. The lowest BCUT2D eigenvalue weighted by molar-refractivity contribution is -0.122. The van der Waals surface area contributed by atoms with E-state index < -0.39 is 0 Å². The summed E-state index contributed by atoms with van der Waals surface area (Å²) in [6, 6.07) is 12.3. The van der Waals surface area contributed by atoms with Crippen molar-refractivity contribution >= 4 is 63.5 Å². The fourth-order valence-corrected chi connectivity index (χ4v) is 4.20. The summed E-state index contributed by atoms with van der Waals surface area (Å²) in [4.78, 5) is 14.6. The lowest BCUT2D eigenvalue weighted by Gasteiger charge is -2.11. The summed E-state index contributed by atoms with van der Waals surface area (Å²) in [6.45, 7) is 0.302. The highest BCUT2D eigenvalue weighted by Crippen LogP contribution is 2.36. The first-order valence-corrected chi connectivity index (χ1v) is 9.82. The van der Waals surface area contributed by atoms with Crippen molar-refractivity contribution in [2.24, 2.45) is 0 Å². The van der Waals surface area contributed by atoms with Gasteiger partial charge in [0.05, 0.1) is 22.7 Å². The number of thiocarbonyl (C=S) groups is 1. The van der Waals surface area contributed by atoms with Crippen LogP contribution in [0.15, 0.2) is 62.5 Å². The van der Waals surface area contributed by atoms with Crippen LogP contribution < -0.4 is 0 Å². The first-order valence-electron chi connectivity index (χ1n) is 7.84. The molecule has 1 fully saturated rings. The quantitative estimate of drug-likeness (QED) is 0.358. The molecular weight excluding hydrogens is 425 g/mol. The lowest BCUT2D eigenvalue weighted by atomic mass is 10.2. The van der Waals surface area contributed by atoms with Crippen LogP contribution in [0.4, 0.5) is 0 Å². The van der Waals surface area contributed by atoms with Crippen LogP contribution in [0, 0.1) is 0 Å². The molecule has 1 aromatic carbocycles. The Morgan fingerprint density at radius 3 is 2.81 bits per heavy atom. The minimum Gasteiger partial charge on any atom is -0.467 e. The SMILES string of the molecule is O=C1/C(=C\c2ccc(-c3cc(Cl)ccc3Cl)o2)SC(=S)N1Cc1ccco1. The molecule has 0 atom stereocenters. The Bertz CT molecular complexity index is 1060. The minimum atomic E-state index is -0.180. The molecular formula is C19H11Cl2NO3S2. The van der Waals surface area contributed by atoms with Crippen LogP contribution in [0.5, 0.6) is 0 Å². The predicted molar refractivity (Wildman–Crippen MR) is 112 cm³/mol. The number of hydrogen-bond donors (Lipinski definition) is 0. The van der Waals surface area contributed by atoms with E-state index in [9.17, 15) is 4.79 Å². The summed E-state index contributed by atoms with van der Waals surface area (Å²) < 4.78 is 11.6. The molecule has 4 rings (SSSR count). The van der Waals surface area contributed by atoms with E-state index in [-0.39, 0.29) is 5.91 Å². The number of benzene rings is 1. The first-order chi connectivity index (χ1) is 13.0. The van der Waals surface area contributed by atoms with E-state index in [0.29, 0.717) is 48.7 Å². The van der Waals surface area contributed by atoms with Crippen LogP contribution >= 0.6 is 47.2 Å². The van der Waals surface area contributed by atoms with E-state index in [0.717, 1.165) is 0 Å². The summed E-state index contributed by atoms with van der Waals surface area (Å²) >= 11 is 18.8. The summed E-state index contributed by atoms with van der Waals surface area (Å²) in [7, 11) is 0. The molecule has 0 radical (unpaired) electrons. The van der Waals surface area contributed by atoms with Crippen molar-refractivity contribution in [2.75, 3.05) is 0 Å². The third-order valence-corrected chi connectivity index (χ3v) is 5.80. The van der Waals surface area contributed by atoms with Gasteiger partial charge in [0, 0.05) is 16.7 Å². The van der Waals surface area contributed by atoms with Crippen molar-refractivity contribution in [3.63, 3.8) is 0 Å². The summed E-state index contributed by atoms with van der Waals surface area (Å²) in [5.74, 6) is 1.59. The second-order valence-electron chi connectivity index (χ2n) is 5.67. The third kappa shape index (κ3) is 3.84. The maximum atomic E-state index is 12.6. The second kappa shape index (κ2) is 7.56. The van der Waals surface area contributed by atoms with Crippen molar-refractivity contribution < 1.29 is 13.6 Å². The lowest BCUT2D eigenvalue weighted by Crippen LogP contribution is -2.27. The van der Waals surface area contributed by atoms with Gasteiger partial charge in [-0.25, -0.2) is 0 Å². The van der Waals surface area contributed by atoms with Gasteiger partial charge in [-0.2, -0.15) is 0 Å². The summed E-state index contributed by atoms with van der Waals surface area (Å²) in [6.07, 6.45) is 3.23. The zero-order valence-corrected chi connectivity index (χ0v) is 16.8. The van der Waals surface area contributed by atoms with E-state index in [2.05, 4.69) is 0 Å². The van der Waals surface area contributed by atoms with Crippen LogP contribution in [0.1, 0.15) is 11.5 Å². The first kappa shape index (κ1) is 18.4. The van der Waals surface area contributed by atoms with E-state index in [4.69, 9.17) is 44.3 Å². The van der Waals surface area contributed by atoms with Crippen molar-refractivity contribution in [1.82, 2.24) is 4.90 Å². The van der Waals surface area contributed by atoms with Crippen LogP contribution in [-0.4, -0.2) is 15.1 Å². The molecule has 2 aromatic heterocycles. The highest BCUT2D eigenvalue weighted by molar-refractivity contribution is 8.26. The number of carbonyl (C=O) groups excluding carboxylic acids is 1. The van der Waals surface area contributed by atoms with Crippen molar-refractivity contribution in [1.29, 1.82) is 0 Å². The van der Waals surface area contributed by atoms with Gasteiger partial charge in [-0.05, 0) is 42.5 Å². The molecule has 27 heavy (non-hydrogen) atoms. The van der Waals surface area contributed by atoms with E-state index in [1.165, 1.54) is 16.7 Å². The fraction of sp³-hybridized carbons (Fsp3) is 0.0526. The molecule has 0 aliphatic carbocycles. The second-order valence-corrected chi connectivity index (χ2v) is 8.19. The van der Waals surface area contributed by atoms with Gasteiger partial charge in [-0.15, -0.1) is 0 Å². The highest BCUT2D eigenvalue weighted by Gasteiger charge is 2.32. The third-order valence-electron chi connectivity index (χ3n) is 3.86. The van der Waals surface area contributed by atoms with Gasteiger partial charge >= 0.3 is 0 Å². The Kier molecular flexibility index (Phi) is 5.14. The molecule has 3 aromatic rings. The van der Waals surface area contributed by atoms with Gasteiger partial charge in [0.15, 0.2) is 0 Å². The Hall–Kier alpha value is -1.99. The minimum absolute atomic E-state index is 0.180. The standard InChI is InChI=1S/C19H11Cl2NO3S2/c20-11-3-5-15(21)14(8-11)16-6-4-12(25-16)9-17-18(23)22(19(26)27-17)10-13-2-1-7-24-13/h1-9H,10H2/b17-9+. The highest BCUT2D eigenvalue weighted by atomic mass is 35.5. The van der Waals surface area contributed by atoms with E-state index >= 15 is 0 Å². The average Bonchev–Trinajstić information content (AvgIpc) is 3.36. The Labute approximate surface area is 174 Å². The Morgan fingerprint density at radius 2 is 2.04 bits per heavy atom. The molecule has 1 aliphatic rings. The van der Waals surface area contributed by atoms with Crippen LogP contribution in [-0.2, 0) is 11.3 Å². The van der Waals surface area contributed by atoms with Gasteiger partial charge in [0.2, 0.25) is 0 Å². The number of nitrogens with zero attached hydrogens (tertiary/aromatic N) is 1. The molecule has 0 spiro atoms. The summed E-state index contributed by atoms with van der Waals surface area (Å²) in [5, 5.41) is 1.09. The zero-order chi connectivity index (χ0) is 19.0. The van der Waals surface area contributed by atoms with Crippen molar-refractivity contribution in [3.8, 4) is 11.3 Å². The maximum Gasteiger partial charge on any atom is 0.266 e. The Morgan fingerprint density at radius 1 is 1.19 bits per heavy atom. The molecule has 0 saturated carbocycles. The number of furan rings is 2. The van der Waals surface area contributed by atoms with Gasteiger partial charge in [-0.3, -0.25) is 9.69 Å². The Balaban J connectivity index is 1.57. The van der Waals surface area contributed by atoms with E-state index in [1.807, 2.05) is 0 Å². The number of halogens is 2. The number of hydrogen-bond acceptors (Lipinski definition) is 5. The topological polar surface area (TPSA) is 46.6 Å². The predicted octanol–water partition coefficient (Wildman–Crippen LogP) is 6.25. The number of amides is 1. The number of rotatable bonds is 4.